The van der Waals surface area contributed by atoms with Gasteiger partial charge >= 0.3 is 0 Å². The van der Waals surface area contributed by atoms with Crippen molar-refractivity contribution in [2.24, 2.45) is 5.92 Å². The highest BCUT2D eigenvalue weighted by molar-refractivity contribution is 9.10. The molecule has 1 aromatic rings. The van der Waals surface area contributed by atoms with E-state index in [0.717, 1.165) is 23.2 Å². The van der Waals surface area contributed by atoms with Crippen LogP contribution in [0, 0.1) is 5.92 Å². The first kappa shape index (κ1) is 13.8. The first-order valence-electron chi connectivity index (χ1n) is 6.39. The van der Waals surface area contributed by atoms with Gasteiger partial charge in [-0.3, -0.25) is 0 Å². The maximum Gasteiger partial charge on any atom is 0.123 e. The number of aliphatic hydroxyl groups is 1. The molecule has 0 bridgehead atoms. The zero-order valence-corrected chi connectivity index (χ0v) is 12.4. The second-order valence-corrected chi connectivity index (χ2v) is 5.97. The van der Waals surface area contributed by atoms with Gasteiger partial charge in [-0.15, -0.1) is 0 Å². The number of benzene rings is 1. The summed E-state index contributed by atoms with van der Waals surface area (Å²) in [6.45, 7) is 5.17. The molecule has 0 aromatic heterocycles. The van der Waals surface area contributed by atoms with E-state index in [1.54, 1.807) is 0 Å². The Kier molecular flexibility index (Phi) is 4.65. The summed E-state index contributed by atoms with van der Waals surface area (Å²) >= 11 is 3.48. The van der Waals surface area contributed by atoms with Crippen LogP contribution in [0.1, 0.15) is 19.4 Å². The molecule has 0 saturated carbocycles. The topological polar surface area (TPSA) is 41.5 Å². The first-order valence-corrected chi connectivity index (χ1v) is 7.18. The van der Waals surface area contributed by atoms with Crippen molar-refractivity contribution >= 4 is 15.9 Å². The van der Waals surface area contributed by atoms with Crippen molar-refractivity contribution in [1.82, 2.24) is 5.32 Å². The minimum Gasteiger partial charge on any atom is -0.488 e. The molecule has 18 heavy (non-hydrogen) atoms. The molecule has 0 amide bonds. The molecule has 3 atom stereocenters. The third kappa shape index (κ3) is 3.25. The van der Waals surface area contributed by atoms with Gasteiger partial charge in [0.25, 0.3) is 0 Å². The van der Waals surface area contributed by atoms with E-state index in [1.165, 1.54) is 5.56 Å². The normalized spacial score (nSPS) is 21.2. The summed E-state index contributed by atoms with van der Waals surface area (Å²) in [5.74, 6) is 1.26. The minimum absolute atomic E-state index is 0.197. The van der Waals surface area contributed by atoms with E-state index in [2.05, 4.69) is 34.2 Å². The van der Waals surface area contributed by atoms with Gasteiger partial charge in [0.1, 0.15) is 11.9 Å². The predicted molar refractivity (Wildman–Crippen MR) is 76.0 cm³/mol. The second kappa shape index (κ2) is 6.04. The summed E-state index contributed by atoms with van der Waals surface area (Å²) < 4.78 is 6.98. The number of aliphatic hydroxyl groups excluding tert-OH is 1. The number of ether oxygens (including phenoxy) is 1. The quantitative estimate of drug-likeness (QED) is 0.877. The molecule has 100 valence electrons. The van der Waals surface area contributed by atoms with Crippen molar-refractivity contribution in [1.29, 1.82) is 0 Å². The van der Waals surface area contributed by atoms with Gasteiger partial charge in [0.05, 0.1) is 0 Å². The van der Waals surface area contributed by atoms with E-state index in [1.807, 2.05) is 19.1 Å². The van der Waals surface area contributed by atoms with E-state index in [9.17, 15) is 0 Å². The molecule has 2 N–H and O–H groups in total. The van der Waals surface area contributed by atoms with Crippen LogP contribution in [0.5, 0.6) is 5.75 Å². The number of hydrogen-bond acceptors (Lipinski definition) is 3. The van der Waals surface area contributed by atoms with Gasteiger partial charge in [-0.25, -0.2) is 0 Å². The highest BCUT2D eigenvalue weighted by Crippen LogP contribution is 2.30. The summed E-state index contributed by atoms with van der Waals surface area (Å²) in [6.07, 6.45) is 1.14. The Labute approximate surface area is 117 Å². The summed E-state index contributed by atoms with van der Waals surface area (Å²) in [4.78, 5) is 0. The Bertz CT molecular complexity index is 411. The fourth-order valence-corrected chi connectivity index (χ4v) is 2.49. The smallest absolute Gasteiger partial charge is 0.123 e. The van der Waals surface area contributed by atoms with Crippen LogP contribution in [0.4, 0.5) is 0 Å². The van der Waals surface area contributed by atoms with Crippen molar-refractivity contribution in [2.75, 3.05) is 13.2 Å². The number of nitrogens with one attached hydrogen (secondary N) is 1. The van der Waals surface area contributed by atoms with Crippen molar-refractivity contribution in [3.63, 3.8) is 0 Å². The van der Waals surface area contributed by atoms with Crippen molar-refractivity contribution < 1.29 is 9.84 Å². The van der Waals surface area contributed by atoms with Crippen molar-refractivity contribution in [2.45, 2.75) is 32.4 Å². The maximum atomic E-state index is 9.09. The number of halogens is 1. The summed E-state index contributed by atoms with van der Waals surface area (Å²) in [6, 6.07) is 6.44. The largest absolute Gasteiger partial charge is 0.488 e. The molecule has 0 radical (unpaired) electrons. The SMILES string of the molecule is CC(CO)C(C)NCC1Cc2cc(Br)ccc2O1. The molecular weight excluding hydrogens is 294 g/mol. The summed E-state index contributed by atoms with van der Waals surface area (Å²) in [5, 5.41) is 12.5. The number of fused-ring (bicyclic) bond motifs is 1. The molecule has 0 saturated heterocycles. The standard InChI is InChI=1S/C14H20BrNO2/c1-9(8-17)10(2)16-7-13-6-11-5-12(15)3-4-14(11)18-13/h3-5,9-10,13,16-17H,6-8H2,1-2H3. The lowest BCUT2D eigenvalue weighted by Crippen LogP contribution is -2.40. The Balaban J connectivity index is 1.85. The Morgan fingerprint density at radius 2 is 2.28 bits per heavy atom. The first-order chi connectivity index (χ1) is 8.60. The van der Waals surface area contributed by atoms with Gasteiger partial charge in [-0.05, 0) is 36.6 Å². The van der Waals surface area contributed by atoms with Crippen molar-refractivity contribution in [3.05, 3.63) is 28.2 Å². The predicted octanol–water partition coefficient (Wildman–Crippen LogP) is 2.36. The third-order valence-electron chi connectivity index (χ3n) is 3.57. The Morgan fingerprint density at radius 3 is 3.00 bits per heavy atom. The second-order valence-electron chi connectivity index (χ2n) is 5.05. The zero-order valence-electron chi connectivity index (χ0n) is 10.8. The van der Waals surface area contributed by atoms with E-state index in [-0.39, 0.29) is 18.6 Å². The lowest BCUT2D eigenvalue weighted by Gasteiger charge is -2.21. The molecule has 4 heteroatoms. The maximum absolute atomic E-state index is 9.09. The monoisotopic (exact) mass is 313 g/mol. The summed E-state index contributed by atoms with van der Waals surface area (Å²) in [5.41, 5.74) is 1.26. The number of rotatable bonds is 5. The highest BCUT2D eigenvalue weighted by atomic mass is 79.9. The molecule has 1 aliphatic rings. The minimum atomic E-state index is 0.197. The molecule has 0 aliphatic carbocycles. The van der Waals surface area contributed by atoms with E-state index >= 15 is 0 Å². The average molecular weight is 314 g/mol. The van der Waals surface area contributed by atoms with Crippen LogP contribution in [-0.4, -0.2) is 30.4 Å². The average Bonchev–Trinajstić information content (AvgIpc) is 2.76. The van der Waals surface area contributed by atoms with Gasteiger partial charge in [-0.2, -0.15) is 0 Å². The van der Waals surface area contributed by atoms with Crippen LogP contribution < -0.4 is 10.1 Å². The Hall–Kier alpha value is -0.580. The van der Waals surface area contributed by atoms with Crippen LogP contribution in [0.25, 0.3) is 0 Å². The number of hydrogen-bond donors (Lipinski definition) is 2. The summed E-state index contributed by atoms with van der Waals surface area (Å²) in [7, 11) is 0. The van der Waals surface area contributed by atoms with Crippen LogP contribution >= 0.6 is 15.9 Å². The van der Waals surface area contributed by atoms with E-state index < -0.39 is 0 Å². The molecular formula is C14H20BrNO2. The van der Waals surface area contributed by atoms with Gasteiger partial charge in [0, 0.05) is 30.1 Å². The molecule has 1 aliphatic heterocycles. The van der Waals surface area contributed by atoms with Crippen LogP contribution in [0.2, 0.25) is 0 Å². The molecule has 0 spiro atoms. The Morgan fingerprint density at radius 1 is 1.50 bits per heavy atom. The molecule has 3 nitrogen and oxygen atoms in total. The van der Waals surface area contributed by atoms with E-state index in [4.69, 9.17) is 9.84 Å². The van der Waals surface area contributed by atoms with E-state index in [0.29, 0.717) is 6.04 Å². The lowest BCUT2D eigenvalue weighted by atomic mass is 10.0. The lowest BCUT2D eigenvalue weighted by molar-refractivity contribution is 0.184. The molecule has 3 unspecified atom stereocenters. The van der Waals surface area contributed by atoms with Gasteiger partial charge in [-0.1, -0.05) is 22.9 Å². The van der Waals surface area contributed by atoms with Crippen molar-refractivity contribution in [3.8, 4) is 5.75 Å². The fourth-order valence-electron chi connectivity index (χ4n) is 2.08. The molecule has 1 heterocycles. The van der Waals surface area contributed by atoms with Gasteiger partial charge < -0.3 is 15.2 Å². The molecule has 2 rings (SSSR count). The van der Waals surface area contributed by atoms with Crippen LogP contribution in [0.3, 0.4) is 0 Å². The molecule has 0 fully saturated rings. The zero-order chi connectivity index (χ0) is 13.1. The van der Waals surface area contributed by atoms with Gasteiger partial charge in [0.15, 0.2) is 0 Å². The highest BCUT2D eigenvalue weighted by Gasteiger charge is 2.23. The molecule has 1 aromatic carbocycles. The van der Waals surface area contributed by atoms with Crippen LogP contribution in [-0.2, 0) is 6.42 Å². The van der Waals surface area contributed by atoms with Gasteiger partial charge in [0.2, 0.25) is 0 Å². The van der Waals surface area contributed by atoms with Crippen LogP contribution in [0.15, 0.2) is 22.7 Å². The fraction of sp³-hybridized carbons (Fsp3) is 0.571. The third-order valence-corrected chi connectivity index (χ3v) is 4.07.